The molecule has 1 aliphatic carbocycles. The highest BCUT2D eigenvalue weighted by Crippen LogP contribution is 2.27. The van der Waals surface area contributed by atoms with Crippen LogP contribution in [-0.4, -0.2) is 32.5 Å². The summed E-state index contributed by atoms with van der Waals surface area (Å²) >= 11 is 0. The Morgan fingerprint density at radius 2 is 1.69 bits per heavy atom. The summed E-state index contributed by atoms with van der Waals surface area (Å²) in [5.74, 6) is 0.393. The number of nitrogens with zero attached hydrogens (tertiary/aromatic N) is 1. The molecule has 0 bridgehead atoms. The first-order valence-electron chi connectivity index (χ1n) is 11.2. The van der Waals surface area contributed by atoms with Crippen molar-refractivity contribution in [1.82, 2.24) is 15.1 Å². The van der Waals surface area contributed by atoms with Crippen molar-refractivity contribution in [2.45, 2.75) is 23.8 Å². The van der Waals surface area contributed by atoms with E-state index in [-0.39, 0.29) is 16.8 Å². The number of para-hydroxylation sites is 1. The van der Waals surface area contributed by atoms with Gasteiger partial charge >= 0.3 is 0 Å². The third-order valence-electron chi connectivity index (χ3n) is 5.73. The number of pyridine rings is 1. The number of benzene rings is 3. The van der Waals surface area contributed by atoms with Gasteiger partial charge in [0.15, 0.2) is 0 Å². The van der Waals surface area contributed by atoms with Crippen molar-refractivity contribution in [2.24, 2.45) is 0 Å². The second kappa shape index (κ2) is 9.36. The molecule has 1 aliphatic rings. The minimum atomic E-state index is -3.53. The van der Waals surface area contributed by atoms with Crippen molar-refractivity contribution < 1.29 is 17.9 Å². The van der Waals surface area contributed by atoms with Gasteiger partial charge in [0.2, 0.25) is 10.0 Å². The average Bonchev–Trinajstić information content (AvgIpc) is 3.70. The van der Waals surface area contributed by atoms with Crippen LogP contribution in [0.3, 0.4) is 0 Å². The minimum Gasteiger partial charge on any atom is -0.497 e. The van der Waals surface area contributed by atoms with Gasteiger partial charge in [-0.1, -0.05) is 18.2 Å². The lowest BCUT2D eigenvalue weighted by Crippen LogP contribution is -2.29. The highest BCUT2D eigenvalue weighted by atomic mass is 32.2. The predicted octanol–water partition coefficient (Wildman–Crippen LogP) is 4.11. The Morgan fingerprint density at radius 1 is 0.971 bits per heavy atom. The number of hydrogen-bond acceptors (Lipinski definition) is 6. The Morgan fingerprint density at radius 3 is 2.37 bits per heavy atom. The fourth-order valence-electron chi connectivity index (χ4n) is 3.68. The van der Waals surface area contributed by atoms with Crippen LogP contribution in [0, 0.1) is 0 Å². The molecular formula is C26H24N4O4S. The number of sulfonamides is 1. The van der Waals surface area contributed by atoms with Crippen LogP contribution in [0.25, 0.3) is 22.2 Å². The van der Waals surface area contributed by atoms with Crippen LogP contribution >= 0.6 is 0 Å². The number of nitrogens with one attached hydrogen (secondary N) is 3. The zero-order chi connectivity index (χ0) is 24.4. The maximum atomic E-state index is 13.1. The fourth-order valence-corrected chi connectivity index (χ4v) is 4.98. The van der Waals surface area contributed by atoms with Gasteiger partial charge in [0.1, 0.15) is 5.75 Å². The number of carbonyl (C=O) groups excluding carboxylic acids is 1. The smallest absolute Gasteiger partial charge is 0.270 e. The number of hydrazine groups is 1. The Bertz CT molecular complexity index is 1480. The molecule has 9 heteroatoms. The number of carbonyl (C=O) groups is 1. The summed E-state index contributed by atoms with van der Waals surface area (Å²) in [6.45, 7) is 0. The van der Waals surface area contributed by atoms with E-state index in [9.17, 15) is 13.2 Å². The van der Waals surface area contributed by atoms with Gasteiger partial charge in [-0.3, -0.25) is 15.6 Å². The topological polar surface area (TPSA) is 109 Å². The molecule has 1 amide bonds. The molecule has 35 heavy (non-hydrogen) atoms. The molecule has 3 aromatic carbocycles. The van der Waals surface area contributed by atoms with Gasteiger partial charge in [-0.15, -0.1) is 0 Å². The standard InChI is InChI=1S/C26H24N4O4S/c1-34-20-12-6-17(7-13-20)25-16-23(22-4-2-3-5-24(22)27-25)26(31)29-28-18-10-14-21(15-11-18)35(32,33)30-19-8-9-19/h2-7,10-16,19,28,30H,8-9H2,1H3,(H,29,31). The van der Waals surface area contributed by atoms with Crippen molar-refractivity contribution in [2.75, 3.05) is 12.5 Å². The molecule has 1 aromatic heterocycles. The van der Waals surface area contributed by atoms with Crippen LogP contribution in [0.4, 0.5) is 5.69 Å². The highest BCUT2D eigenvalue weighted by molar-refractivity contribution is 7.89. The number of ether oxygens (including phenoxy) is 1. The number of fused-ring (bicyclic) bond motifs is 1. The second-order valence-corrected chi connectivity index (χ2v) is 10.0. The van der Waals surface area contributed by atoms with Gasteiger partial charge in [0.05, 0.1) is 34.5 Å². The van der Waals surface area contributed by atoms with Crippen molar-refractivity contribution >= 4 is 32.5 Å². The van der Waals surface area contributed by atoms with Crippen LogP contribution in [0.15, 0.2) is 83.8 Å². The quantitative estimate of drug-likeness (QED) is 0.322. The predicted molar refractivity (Wildman–Crippen MR) is 135 cm³/mol. The van der Waals surface area contributed by atoms with Crippen molar-refractivity contribution in [3.8, 4) is 17.0 Å². The molecule has 1 fully saturated rings. The number of hydrogen-bond donors (Lipinski definition) is 3. The Kier molecular flexibility index (Phi) is 6.10. The lowest BCUT2D eigenvalue weighted by molar-refractivity contribution is 0.0964. The molecule has 1 heterocycles. The molecule has 0 saturated heterocycles. The lowest BCUT2D eigenvalue weighted by atomic mass is 10.0. The Balaban J connectivity index is 1.36. The summed E-state index contributed by atoms with van der Waals surface area (Å²) in [6, 6.07) is 22.9. The second-order valence-electron chi connectivity index (χ2n) is 8.30. The number of anilines is 1. The van der Waals surface area contributed by atoms with E-state index in [1.807, 2.05) is 48.5 Å². The molecule has 8 nitrogen and oxygen atoms in total. The summed E-state index contributed by atoms with van der Waals surface area (Å²) in [4.78, 5) is 18.0. The molecule has 0 radical (unpaired) electrons. The van der Waals surface area contributed by atoms with E-state index in [1.54, 1.807) is 25.3 Å². The molecular weight excluding hydrogens is 464 g/mol. The highest BCUT2D eigenvalue weighted by Gasteiger charge is 2.27. The fraction of sp³-hybridized carbons (Fsp3) is 0.154. The number of amides is 1. The summed E-state index contributed by atoms with van der Waals surface area (Å²) in [6.07, 6.45) is 1.74. The van der Waals surface area contributed by atoms with Crippen LogP contribution in [0.5, 0.6) is 5.75 Å². The Labute approximate surface area is 203 Å². The third-order valence-corrected chi connectivity index (χ3v) is 7.27. The van der Waals surface area contributed by atoms with Gasteiger partial charge in [-0.05, 0) is 73.5 Å². The van der Waals surface area contributed by atoms with Gasteiger partial charge in [0, 0.05) is 17.0 Å². The number of aromatic nitrogens is 1. The van der Waals surface area contributed by atoms with E-state index in [2.05, 4.69) is 15.6 Å². The summed E-state index contributed by atoms with van der Waals surface area (Å²) in [7, 11) is -1.92. The van der Waals surface area contributed by atoms with Crippen molar-refractivity contribution in [3.63, 3.8) is 0 Å². The first-order valence-corrected chi connectivity index (χ1v) is 12.6. The average molecular weight is 489 g/mol. The minimum absolute atomic E-state index is 0.0371. The van der Waals surface area contributed by atoms with E-state index >= 15 is 0 Å². The molecule has 3 N–H and O–H groups in total. The van der Waals surface area contributed by atoms with Gasteiger partial charge < -0.3 is 4.74 Å². The SMILES string of the molecule is COc1ccc(-c2cc(C(=O)NNc3ccc(S(=O)(=O)NC4CC4)cc3)c3ccccc3n2)cc1. The molecule has 0 unspecified atom stereocenters. The summed E-state index contributed by atoms with van der Waals surface area (Å²) in [5.41, 5.74) is 8.79. The summed E-state index contributed by atoms with van der Waals surface area (Å²) < 4.78 is 32.6. The third kappa shape index (κ3) is 5.11. The molecule has 4 aromatic rings. The van der Waals surface area contributed by atoms with Gasteiger partial charge in [-0.25, -0.2) is 18.1 Å². The largest absolute Gasteiger partial charge is 0.497 e. The first kappa shape index (κ1) is 22.8. The van der Waals surface area contributed by atoms with Crippen LogP contribution in [0.1, 0.15) is 23.2 Å². The maximum Gasteiger partial charge on any atom is 0.270 e. The van der Waals surface area contributed by atoms with E-state index in [0.29, 0.717) is 22.5 Å². The number of methoxy groups -OCH3 is 1. The lowest BCUT2D eigenvalue weighted by Gasteiger charge is -2.13. The Hall–Kier alpha value is -3.95. The zero-order valence-electron chi connectivity index (χ0n) is 19.0. The van der Waals surface area contributed by atoms with E-state index in [4.69, 9.17) is 9.72 Å². The van der Waals surface area contributed by atoms with E-state index in [0.717, 1.165) is 29.5 Å². The van der Waals surface area contributed by atoms with Crippen molar-refractivity contribution in [3.05, 3.63) is 84.4 Å². The summed E-state index contributed by atoms with van der Waals surface area (Å²) in [5, 5.41) is 0.719. The molecule has 0 spiro atoms. The molecule has 0 aliphatic heterocycles. The number of rotatable bonds is 8. The van der Waals surface area contributed by atoms with Gasteiger partial charge in [-0.2, -0.15) is 0 Å². The monoisotopic (exact) mass is 488 g/mol. The maximum absolute atomic E-state index is 13.1. The van der Waals surface area contributed by atoms with Crippen LogP contribution in [0.2, 0.25) is 0 Å². The van der Waals surface area contributed by atoms with Crippen LogP contribution < -0.4 is 20.3 Å². The van der Waals surface area contributed by atoms with Crippen molar-refractivity contribution in [1.29, 1.82) is 0 Å². The van der Waals surface area contributed by atoms with E-state index in [1.165, 1.54) is 12.1 Å². The van der Waals surface area contributed by atoms with E-state index < -0.39 is 10.0 Å². The van der Waals surface area contributed by atoms with Gasteiger partial charge in [0.25, 0.3) is 5.91 Å². The molecule has 1 saturated carbocycles. The molecule has 0 atom stereocenters. The molecule has 5 rings (SSSR count). The first-order chi connectivity index (χ1) is 16.9. The van der Waals surface area contributed by atoms with Crippen LogP contribution in [-0.2, 0) is 10.0 Å². The molecule has 178 valence electrons. The normalized spacial score (nSPS) is 13.4. The zero-order valence-corrected chi connectivity index (χ0v) is 19.8.